The van der Waals surface area contributed by atoms with E-state index >= 15 is 0 Å². The Morgan fingerprint density at radius 3 is 2.65 bits per heavy atom. The first-order valence-electron chi connectivity index (χ1n) is 7.19. The van der Waals surface area contributed by atoms with E-state index < -0.39 is 29.0 Å². The molecule has 0 saturated carbocycles. The maximum Gasteiger partial charge on any atom is 0.416 e. The number of alkyl halides is 3. The molecular formula is C15H19ClF4N2O. The van der Waals surface area contributed by atoms with Crippen molar-refractivity contribution in [3.63, 3.8) is 0 Å². The van der Waals surface area contributed by atoms with Crippen LogP contribution in [0.2, 0.25) is 0 Å². The van der Waals surface area contributed by atoms with Crippen molar-refractivity contribution in [2.24, 2.45) is 11.7 Å². The number of benzene rings is 1. The van der Waals surface area contributed by atoms with E-state index in [1.807, 2.05) is 0 Å². The zero-order valence-electron chi connectivity index (χ0n) is 12.4. The van der Waals surface area contributed by atoms with Crippen LogP contribution < -0.4 is 5.73 Å². The van der Waals surface area contributed by atoms with Crippen LogP contribution in [0, 0.1) is 11.7 Å². The highest BCUT2D eigenvalue weighted by Crippen LogP contribution is 2.31. The molecule has 1 atom stereocenters. The van der Waals surface area contributed by atoms with Crippen molar-refractivity contribution in [1.82, 2.24) is 4.90 Å². The molecule has 1 amide bonds. The molecule has 130 valence electrons. The third-order valence-electron chi connectivity index (χ3n) is 3.91. The minimum Gasteiger partial charge on any atom is -0.338 e. The minimum atomic E-state index is -4.60. The molecule has 1 aliphatic rings. The lowest BCUT2D eigenvalue weighted by molar-refractivity contribution is -0.137. The Morgan fingerprint density at radius 1 is 1.35 bits per heavy atom. The predicted octanol–water partition coefficient (Wildman–Crippen LogP) is 3.47. The maximum atomic E-state index is 13.8. The molecule has 0 aliphatic carbocycles. The van der Waals surface area contributed by atoms with Gasteiger partial charge in [0, 0.05) is 13.1 Å². The number of carbonyl (C=O) groups excluding carboxylic acids is 1. The van der Waals surface area contributed by atoms with Crippen molar-refractivity contribution >= 4 is 18.3 Å². The van der Waals surface area contributed by atoms with Gasteiger partial charge in [-0.2, -0.15) is 13.2 Å². The van der Waals surface area contributed by atoms with Crippen molar-refractivity contribution in [3.05, 3.63) is 35.1 Å². The zero-order chi connectivity index (χ0) is 16.3. The van der Waals surface area contributed by atoms with Crippen LogP contribution in [0.4, 0.5) is 17.6 Å². The Hall–Kier alpha value is -1.34. The number of nitrogens with zero attached hydrogens (tertiary/aromatic N) is 1. The van der Waals surface area contributed by atoms with Gasteiger partial charge in [0.1, 0.15) is 5.82 Å². The largest absolute Gasteiger partial charge is 0.416 e. The van der Waals surface area contributed by atoms with Gasteiger partial charge in [0.25, 0.3) is 5.91 Å². The lowest BCUT2D eigenvalue weighted by atomic mass is 9.94. The topological polar surface area (TPSA) is 46.3 Å². The highest BCUT2D eigenvalue weighted by atomic mass is 35.5. The van der Waals surface area contributed by atoms with Crippen molar-refractivity contribution < 1.29 is 22.4 Å². The van der Waals surface area contributed by atoms with Gasteiger partial charge < -0.3 is 10.6 Å². The normalized spacial score (nSPS) is 18.5. The summed E-state index contributed by atoms with van der Waals surface area (Å²) in [5, 5.41) is 0. The standard InChI is InChI=1S/C15H18F4N2O.ClH/c16-13-4-3-11(15(17,18)19)8-12(13)14(22)21-7-1-2-10(9-21)5-6-20;/h3-4,8,10H,1-2,5-7,9,20H2;1H. The van der Waals surface area contributed by atoms with E-state index in [4.69, 9.17) is 5.73 Å². The number of hydrogen-bond acceptors (Lipinski definition) is 2. The van der Waals surface area contributed by atoms with Gasteiger partial charge in [-0.05, 0) is 49.9 Å². The number of halogens is 5. The smallest absolute Gasteiger partial charge is 0.338 e. The summed E-state index contributed by atoms with van der Waals surface area (Å²) in [6.45, 7) is 1.33. The lowest BCUT2D eigenvalue weighted by Gasteiger charge is -2.33. The summed E-state index contributed by atoms with van der Waals surface area (Å²) in [5.41, 5.74) is 3.95. The quantitative estimate of drug-likeness (QED) is 0.845. The monoisotopic (exact) mass is 354 g/mol. The summed E-state index contributed by atoms with van der Waals surface area (Å²) in [4.78, 5) is 13.8. The average molecular weight is 355 g/mol. The first-order chi connectivity index (χ1) is 10.3. The van der Waals surface area contributed by atoms with Crippen LogP contribution in [-0.2, 0) is 6.18 Å². The summed E-state index contributed by atoms with van der Waals surface area (Å²) in [7, 11) is 0. The summed E-state index contributed by atoms with van der Waals surface area (Å²) >= 11 is 0. The van der Waals surface area contributed by atoms with Crippen LogP contribution in [0.15, 0.2) is 18.2 Å². The number of piperidine rings is 1. The van der Waals surface area contributed by atoms with Gasteiger partial charge in [0.15, 0.2) is 0 Å². The molecule has 1 fully saturated rings. The second-order valence-corrected chi connectivity index (χ2v) is 5.53. The third-order valence-corrected chi connectivity index (χ3v) is 3.91. The van der Waals surface area contributed by atoms with Crippen molar-refractivity contribution in [2.75, 3.05) is 19.6 Å². The van der Waals surface area contributed by atoms with Crippen LogP contribution in [0.3, 0.4) is 0 Å². The van der Waals surface area contributed by atoms with E-state index in [0.717, 1.165) is 19.3 Å². The number of likely N-dealkylation sites (tertiary alicyclic amines) is 1. The van der Waals surface area contributed by atoms with Gasteiger partial charge in [-0.25, -0.2) is 4.39 Å². The van der Waals surface area contributed by atoms with E-state index in [-0.39, 0.29) is 18.3 Å². The summed E-state index contributed by atoms with van der Waals surface area (Å²) in [5.74, 6) is -1.40. The van der Waals surface area contributed by atoms with Gasteiger partial charge in [0.05, 0.1) is 11.1 Å². The summed E-state index contributed by atoms with van der Waals surface area (Å²) < 4.78 is 51.9. The molecule has 1 unspecified atom stereocenters. The van der Waals surface area contributed by atoms with E-state index in [0.29, 0.717) is 37.8 Å². The molecule has 1 aliphatic heterocycles. The third kappa shape index (κ3) is 4.81. The fourth-order valence-electron chi connectivity index (χ4n) is 2.76. The minimum absolute atomic E-state index is 0. The Kier molecular flexibility index (Phi) is 6.83. The second-order valence-electron chi connectivity index (χ2n) is 5.53. The van der Waals surface area contributed by atoms with Crippen molar-refractivity contribution in [1.29, 1.82) is 0 Å². The molecule has 0 bridgehead atoms. The van der Waals surface area contributed by atoms with E-state index in [9.17, 15) is 22.4 Å². The highest BCUT2D eigenvalue weighted by molar-refractivity contribution is 5.94. The molecule has 1 aromatic rings. The Bertz CT molecular complexity index is 549. The first-order valence-corrected chi connectivity index (χ1v) is 7.19. The zero-order valence-corrected chi connectivity index (χ0v) is 13.2. The molecule has 0 radical (unpaired) electrons. The van der Waals surface area contributed by atoms with E-state index in [1.54, 1.807) is 0 Å². The number of carbonyl (C=O) groups is 1. The molecule has 1 saturated heterocycles. The molecule has 1 aromatic carbocycles. The highest BCUT2D eigenvalue weighted by Gasteiger charge is 2.33. The Morgan fingerprint density at radius 2 is 2.04 bits per heavy atom. The van der Waals surface area contributed by atoms with Gasteiger partial charge in [0.2, 0.25) is 0 Å². The second kappa shape index (κ2) is 7.97. The molecule has 1 heterocycles. The van der Waals surface area contributed by atoms with Crippen molar-refractivity contribution in [2.45, 2.75) is 25.4 Å². The fraction of sp³-hybridized carbons (Fsp3) is 0.533. The number of amides is 1. The summed E-state index contributed by atoms with van der Waals surface area (Å²) in [6, 6.07) is 1.92. The molecule has 0 aromatic heterocycles. The Balaban J connectivity index is 0.00000264. The summed E-state index contributed by atoms with van der Waals surface area (Å²) in [6.07, 6.45) is -2.19. The Labute approximate surface area is 138 Å². The van der Waals surface area contributed by atoms with E-state index in [1.165, 1.54) is 4.90 Å². The number of rotatable bonds is 3. The maximum absolute atomic E-state index is 13.8. The van der Waals surface area contributed by atoms with Crippen LogP contribution >= 0.6 is 12.4 Å². The molecule has 2 rings (SSSR count). The van der Waals surface area contributed by atoms with Crippen LogP contribution in [-0.4, -0.2) is 30.4 Å². The molecule has 3 nitrogen and oxygen atoms in total. The first kappa shape index (κ1) is 19.7. The van der Waals surface area contributed by atoms with Crippen molar-refractivity contribution in [3.8, 4) is 0 Å². The molecule has 0 spiro atoms. The number of nitrogens with two attached hydrogens (primary N) is 1. The molecule has 8 heteroatoms. The van der Waals surface area contributed by atoms with Gasteiger partial charge in [-0.3, -0.25) is 4.79 Å². The lowest BCUT2D eigenvalue weighted by Crippen LogP contribution is -2.40. The van der Waals surface area contributed by atoms with Crippen LogP contribution in [0.1, 0.15) is 35.2 Å². The van der Waals surface area contributed by atoms with Gasteiger partial charge >= 0.3 is 6.18 Å². The van der Waals surface area contributed by atoms with Crippen LogP contribution in [0.25, 0.3) is 0 Å². The van der Waals surface area contributed by atoms with Crippen LogP contribution in [0.5, 0.6) is 0 Å². The molecule has 2 N–H and O–H groups in total. The predicted molar refractivity (Wildman–Crippen MR) is 80.9 cm³/mol. The fourth-order valence-corrected chi connectivity index (χ4v) is 2.76. The van der Waals surface area contributed by atoms with Gasteiger partial charge in [-0.1, -0.05) is 0 Å². The van der Waals surface area contributed by atoms with Gasteiger partial charge in [-0.15, -0.1) is 12.4 Å². The molecule has 23 heavy (non-hydrogen) atoms. The van der Waals surface area contributed by atoms with E-state index in [2.05, 4.69) is 0 Å². The molecular weight excluding hydrogens is 336 g/mol. The number of hydrogen-bond donors (Lipinski definition) is 1. The SMILES string of the molecule is Cl.NCCC1CCCN(C(=O)c2cc(C(F)(F)F)ccc2F)C1. The average Bonchev–Trinajstić information content (AvgIpc) is 2.46.